The van der Waals surface area contributed by atoms with E-state index in [0.29, 0.717) is 48.0 Å². The standard InChI is InChI=1S/C23H23F3N6O/c1-2-33-18-5-3-4-14-6-8-17(28-20(14)18)22-30-29-19-9-7-15(12-32(19)22)21(23(24,25)26)31-11-10-16(27)13-31/h3-9,12,16,21H,2,10-11,13,27H2,1H3/t16?,21-/m1/s1. The van der Waals surface area contributed by atoms with Crippen molar-refractivity contribution in [1.29, 1.82) is 0 Å². The van der Waals surface area contributed by atoms with Gasteiger partial charge in [-0.2, -0.15) is 13.2 Å². The maximum absolute atomic E-state index is 14.1. The molecule has 1 aliphatic rings. The van der Waals surface area contributed by atoms with E-state index in [1.165, 1.54) is 17.2 Å². The lowest BCUT2D eigenvalue weighted by Gasteiger charge is -2.30. The third-order valence-electron chi connectivity index (χ3n) is 5.88. The zero-order chi connectivity index (χ0) is 23.2. The van der Waals surface area contributed by atoms with Crippen LogP contribution in [-0.2, 0) is 0 Å². The van der Waals surface area contributed by atoms with Gasteiger partial charge in [-0.1, -0.05) is 24.3 Å². The first kappa shape index (κ1) is 21.6. The highest BCUT2D eigenvalue weighted by atomic mass is 19.4. The molecule has 10 heteroatoms. The predicted octanol–water partition coefficient (Wildman–Crippen LogP) is 3.98. The molecule has 3 aromatic heterocycles. The highest BCUT2D eigenvalue weighted by molar-refractivity contribution is 5.86. The Hall–Kier alpha value is -3.24. The molecule has 1 aromatic carbocycles. The second-order valence-corrected chi connectivity index (χ2v) is 8.16. The molecular formula is C23H23F3N6O. The number of nitrogens with two attached hydrogens (primary N) is 1. The number of para-hydroxylation sites is 1. The molecule has 4 aromatic rings. The van der Waals surface area contributed by atoms with E-state index in [2.05, 4.69) is 10.2 Å². The number of rotatable bonds is 5. The average molecular weight is 456 g/mol. The van der Waals surface area contributed by atoms with Crippen molar-refractivity contribution in [1.82, 2.24) is 24.5 Å². The molecule has 0 aliphatic carbocycles. The molecule has 0 radical (unpaired) electrons. The molecule has 1 aliphatic heterocycles. The molecule has 5 rings (SSSR count). The monoisotopic (exact) mass is 456 g/mol. The van der Waals surface area contributed by atoms with Gasteiger partial charge in [0.05, 0.1) is 6.61 Å². The minimum absolute atomic E-state index is 0.112. The molecule has 33 heavy (non-hydrogen) atoms. The van der Waals surface area contributed by atoms with Gasteiger partial charge in [0.25, 0.3) is 0 Å². The van der Waals surface area contributed by atoms with Crippen LogP contribution in [0.2, 0.25) is 0 Å². The zero-order valence-electron chi connectivity index (χ0n) is 18.0. The fourth-order valence-electron chi connectivity index (χ4n) is 4.42. The van der Waals surface area contributed by atoms with Crippen molar-refractivity contribution in [3.63, 3.8) is 0 Å². The largest absolute Gasteiger partial charge is 0.492 e. The van der Waals surface area contributed by atoms with Gasteiger partial charge >= 0.3 is 6.18 Å². The van der Waals surface area contributed by atoms with Crippen molar-refractivity contribution in [2.24, 2.45) is 5.73 Å². The molecular weight excluding hydrogens is 433 g/mol. The van der Waals surface area contributed by atoms with Crippen molar-refractivity contribution >= 4 is 16.6 Å². The summed E-state index contributed by atoms with van der Waals surface area (Å²) < 4.78 is 49.5. The van der Waals surface area contributed by atoms with Crippen LogP contribution in [0, 0.1) is 0 Å². The third-order valence-corrected chi connectivity index (χ3v) is 5.88. The molecule has 0 amide bonds. The Kier molecular flexibility index (Phi) is 5.41. The van der Waals surface area contributed by atoms with Crippen LogP contribution in [0.15, 0.2) is 48.7 Å². The van der Waals surface area contributed by atoms with E-state index in [9.17, 15) is 13.2 Å². The van der Waals surface area contributed by atoms with E-state index in [4.69, 9.17) is 15.5 Å². The third kappa shape index (κ3) is 4.00. The summed E-state index contributed by atoms with van der Waals surface area (Å²) >= 11 is 0. The molecule has 1 unspecified atom stereocenters. The number of benzene rings is 1. The Labute approximate surface area is 188 Å². The van der Waals surface area contributed by atoms with Gasteiger partial charge in [0.15, 0.2) is 11.5 Å². The summed E-state index contributed by atoms with van der Waals surface area (Å²) in [5, 5.41) is 9.24. The fourth-order valence-corrected chi connectivity index (χ4v) is 4.42. The summed E-state index contributed by atoms with van der Waals surface area (Å²) in [6, 6.07) is 10.3. The van der Waals surface area contributed by atoms with Gasteiger partial charge in [0.2, 0.25) is 0 Å². The van der Waals surface area contributed by atoms with Crippen molar-refractivity contribution in [2.45, 2.75) is 31.6 Å². The van der Waals surface area contributed by atoms with Crippen LogP contribution in [0.1, 0.15) is 24.9 Å². The van der Waals surface area contributed by atoms with E-state index in [-0.39, 0.29) is 18.2 Å². The van der Waals surface area contributed by atoms with Crippen molar-refractivity contribution < 1.29 is 17.9 Å². The Morgan fingerprint density at radius 1 is 1.15 bits per heavy atom. The molecule has 1 fully saturated rings. The molecule has 4 heterocycles. The molecule has 0 bridgehead atoms. The number of hydrogen-bond donors (Lipinski definition) is 1. The van der Waals surface area contributed by atoms with Crippen LogP contribution in [-0.4, -0.2) is 56.4 Å². The van der Waals surface area contributed by atoms with E-state index < -0.39 is 12.2 Å². The lowest BCUT2D eigenvalue weighted by atomic mass is 10.1. The van der Waals surface area contributed by atoms with E-state index in [1.807, 2.05) is 31.2 Å². The van der Waals surface area contributed by atoms with Crippen molar-refractivity contribution in [3.05, 3.63) is 54.2 Å². The number of halogens is 3. The molecule has 1 saturated heterocycles. The zero-order valence-corrected chi connectivity index (χ0v) is 18.0. The van der Waals surface area contributed by atoms with Gasteiger partial charge in [0.1, 0.15) is 23.0 Å². The summed E-state index contributed by atoms with van der Waals surface area (Å²) in [4.78, 5) is 6.09. The van der Waals surface area contributed by atoms with Gasteiger partial charge in [-0.05, 0) is 37.1 Å². The number of ether oxygens (including phenoxy) is 1. The number of aromatic nitrogens is 4. The van der Waals surface area contributed by atoms with E-state index >= 15 is 0 Å². The van der Waals surface area contributed by atoms with Crippen LogP contribution in [0.4, 0.5) is 13.2 Å². The first-order valence-corrected chi connectivity index (χ1v) is 10.8. The molecule has 7 nitrogen and oxygen atoms in total. The minimum Gasteiger partial charge on any atom is -0.492 e. The van der Waals surface area contributed by atoms with Gasteiger partial charge in [-0.25, -0.2) is 4.98 Å². The number of alkyl halides is 3. The van der Waals surface area contributed by atoms with Crippen LogP contribution in [0.25, 0.3) is 28.1 Å². The summed E-state index contributed by atoms with van der Waals surface area (Å²) in [6.07, 6.45) is -2.46. The molecule has 0 spiro atoms. The second-order valence-electron chi connectivity index (χ2n) is 8.16. The van der Waals surface area contributed by atoms with Gasteiger partial charge in [-0.15, -0.1) is 10.2 Å². The fraction of sp³-hybridized carbons (Fsp3) is 0.348. The van der Waals surface area contributed by atoms with Gasteiger partial charge < -0.3 is 10.5 Å². The van der Waals surface area contributed by atoms with Gasteiger partial charge in [-0.3, -0.25) is 9.30 Å². The minimum atomic E-state index is -4.44. The van der Waals surface area contributed by atoms with Crippen LogP contribution in [0.5, 0.6) is 5.75 Å². The van der Waals surface area contributed by atoms with E-state index in [1.54, 1.807) is 16.5 Å². The highest BCUT2D eigenvalue weighted by Gasteiger charge is 2.46. The van der Waals surface area contributed by atoms with Crippen LogP contribution < -0.4 is 10.5 Å². The van der Waals surface area contributed by atoms with Crippen LogP contribution in [0.3, 0.4) is 0 Å². The Morgan fingerprint density at radius 2 is 2.00 bits per heavy atom. The van der Waals surface area contributed by atoms with Gasteiger partial charge in [0, 0.05) is 30.7 Å². The quantitative estimate of drug-likeness (QED) is 0.489. The van der Waals surface area contributed by atoms with Crippen molar-refractivity contribution in [2.75, 3.05) is 19.7 Å². The van der Waals surface area contributed by atoms with Crippen LogP contribution >= 0.6 is 0 Å². The first-order valence-electron chi connectivity index (χ1n) is 10.8. The summed E-state index contributed by atoms with van der Waals surface area (Å²) in [5.74, 6) is 0.993. The Bertz CT molecular complexity index is 1300. The average Bonchev–Trinajstić information content (AvgIpc) is 3.39. The number of hydrogen-bond acceptors (Lipinski definition) is 6. The topological polar surface area (TPSA) is 81.6 Å². The Balaban J connectivity index is 1.61. The molecule has 2 N–H and O–H groups in total. The SMILES string of the molecule is CCOc1cccc2ccc(-c3nnc4ccc([C@@H](N5CCC(N)C5)C(F)(F)F)cn34)nc12. The molecule has 2 atom stereocenters. The first-order chi connectivity index (χ1) is 15.8. The molecule has 0 saturated carbocycles. The molecule has 172 valence electrons. The maximum atomic E-state index is 14.1. The number of nitrogens with zero attached hydrogens (tertiary/aromatic N) is 5. The summed E-state index contributed by atoms with van der Waals surface area (Å²) in [5.41, 5.74) is 7.58. The smallest absolute Gasteiger partial charge is 0.408 e. The predicted molar refractivity (Wildman–Crippen MR) is 118 cm³/mol. The lowest BCUT2D eigenvalue weighted by molar-refractivity contribution is -0.183. The van der Waals surface area contributed by atoms with Crippen molar-refractivity contribution in [3.8, 4) is 17.3 Å². The highest BCUT2D eigenvalue weighted by Crippen LogP contribution is 2.39. The Morgan fingerprint density at radius 3 is 2.73 bits per heavy atom. The maximum Gasteiger partial charge on any atom is 0.408 e. The number of likely N-dealkylation sites (tertiary alicyclic amines) is 1. The number of pyridine rings is 2. The second kappa shape index (κ2) is 8.27. The van der Waals surface area contributed by atoms with E-state index in [0.717, 1.165) is 5.39 Å². The number of fused-ring (bicyclic) bond motifs is 2. The summed E-state index contributed by atoms with van der Waals surface area (Å²) in [7, 11) is 0. The lowest BCUT2D eigenvalue weighted by Crippen LogP contribution is -2.38. The summed E-state index contributed by atoms with van der Waals surface area (Å²) in [6.45, 7) is 2.87. The normalized spacial score (nSPS) is 18.3.